The predicted octanol–water partition coefficient (Wildman–Crippen LogP) is 3.74. The fraction of sp³-hybridized carbons (Fsp3) is 0.200. The second-order valence-electron chi connectivity index (χ2n) is 7.43. The van der Waals surface area contributed by atoms with E-state index in [1.165, 1.54) is 11.8 Å². The highest BCUT2D eigenvalue weighted by atomic mass is 32.2. The number of fused-ring (bicyclic) bond motifs is 1. The Hall–Kier alpha value is -3.65. The van der Waals surface area contributed by atoms with E-state index < -0.39 is 0 Å². The van der Waals surface area contributed by atoms with Gasteiger partial charge in [-0.25, -0.2) is 4.98 Å². The first kappa shape index (κ1) is 22.5. The molecular weight excluding hydrogens is 438 g/mol. The SMILES string of the molecule is COc1ccc(C(=O)CSc2nc3c[n+](CC(=O)c4ccc(OC)cc4)ccc3n2C)cc1. The van der Waals surface area contributed by atoms with E-state index in [1.807, 2.05) is 34.6 Å². The van der Waals surface area contributed by atoms with Crippen LogP contribution in [0.3, 0.4) is 0 Å². The molecule has 0 amide bonds. The summed E-state index contributed by atoms with van der Waals surface area (Å²) in [6, 6.07) is 16.1. The van der Waals surface area contributed by atoms with Crippen LogP contribution in [0, 0.1) is 0 Å². The molecule has 0 aliphatic rings. The molecule has 0 bridgehead atoms. The van der Waals surface area contributed by atoms with Crippen molar-refractivity contribution in [2.45, 2.75) is 11.7 Å². The molecule has 0 spiro atoms. The summed E-state index contributed by atoms with van der Waals surface area (Å²) in [6.07, 6.45) is 3.72. The summed E-state index contributed by atoms with van der Waals surface area (Å²) >= 11 is 1.39. The van der Waals surface area contributed by atoms with Gasteiger partial charge >= 0.3 is 0 Å². The van der Waals surface area contributed by atoms with E-state index in [1.54, 1.807) is 62.8 Å². The van der Waals surface area contributed by atoms with Crippen molar-refractivity contribution in [2.24, 2.45) is 7.05 Å². The molecule has 0 aliphatic heterocycles. The molecule has 2 aromatic heterocycles. The number of ether oxygens (including phenoxy) is 2. The maximum absolute atomic E-state index is 12.6. The molecule has 168 valence electrons. The van der Waals surface area contributed by atoms with Crippen LogP contribution in [0.1, 0.15) is 20.7 Å². The third-order valence-electron chi connectivity index (χ3n) is 5.32. The Labute approximate surface area is 196 Å². The van der Waals surface area contributed by atoms with E-state index in [0.29, 0.717) is 22.6 Å². The zero-order chi connectivity index (χ0) is 23.4. The van der Waals surface area contributed by atoms with E-state index in [2.05, 4.69) is 4.98 Å². The van der Waals surface area contributed by atoms with Crippen molar-refractivity contribution in [3.05, 3.63) is 78.1 Å². The first-order valence-electron chi connectivity index (χ1n) is 10.3. The van der Waals surface area contributed by atoms with Crippen molar-refractivity contribution >= 4 is 34.4 Å². The van der Waals surface area contributed by atoms with Crippen LogP contribution in [0.25, 0.3) is 11.0 Å². The number of hydrogen-bond donors (Lipinski definition) is 0. The lowest BCUT2D eigenvalue weighted by atomic mass is 10.1. The van der Waals surface area contributed by atoms with Gasteiger partial charge in [0, 0.05) is 24.2 Å². The standard InChI is InChI=1S/C25H24N3O4S/c1-27-22-12-13-28(15-23(29)17-4-8-19(31-2)9-5-17)14-21(22)26-25(27)33-16-24(30)18-6-10-20(32-3)11-7-18/h4-14H,15-16H2,1-3H3/q+1. The number of methoxy groups -OCH3 is 2. The summed E-state index contributed by atoms with van der Waals surface area (Å²) in [5, 5.41) is 0.742. The number of thioether (sulfide) groups is 1. The first-order chi connectivity index (χ1) is 16.0. The third kappa shape index (κ3) is 5.06. The topological polar surface area (TPSA) is 74.3 Å². The number of nitrogens with zero attached hydrogens (tertiary/aromatic N) is 3. The molecule has 0 fully saturated rings. The van der Waals surface area contributed by atoms with Crippen LogP contribution >= 0.6 is 11.8 Å². The van der Waals surface area contributed by atoms with Gasteiger partial charge in [-0.2, -0.15) is 4.57 Å². The van der Waals surface area contributed by atoms with E-state index in [-0.39, 0.29) is 23.9 Å². The Morgan fingerprint density at radius 2 is 1.48 bits per heavy atom. The largest absolute Gasteiger partial charge is 0.497 e. The molecule has 4 aromatic rings. The lowest BCUT2D eigenvalue weighted by Crippen LogP contribution is -2.37. The number of aryl methyl sites for hydroxylation is 1. The number of hydrogen-bond acceptors (Lipinski definition) is 6. The van der Waals surface area contributed by atoms with Crippen LogP contribution in [0.15, 0.2) is 72.1 Å². The van der Waals surface area contributed by atoms with Crippen molar-refractivity contribution in [1.29, 1.82) is 0 Å². The third-order valence-corrected chi connectivity index (χ3v) is 6.35. The highest BCUT2D eigenvalue weighted by molar-refractivity contribution is 7.99. The van der Waals surface area contributed by atoms with Gasteiger partial charge in [-0.05, 0) is 48.5 Å². The molecular formula is C25H24N3O4S+. The molecule has 8 heteroatoms. The molecule has 4 rings (SSSR count). The molecule has 2 aromatic carbocycles. The van der Waals surface area contributed by atoms with Crippen LogP contribution < -0.4 is 14.0 Å². The number of Topliss-reactive ketones (excluding diaryl/α,β-unsaturated/α-hetero) is 2. The molecule has 0 atom stereocenters. The maximum Gasteiger partial charge on any atom is 0.227 e. The fourth-order valence-electron chi connectivity index (χ4n) is 3.42. The Morgan fingerprint density at radius 3 is 2.06 bits per heavy atom. The summed E-state index contributed by atoms with van der Waals surface area (Å²) in [5.41, 5.74) is 2.96. The van der Waals surface area contributed by atoms with Crippen LogP contribution in [-0.2, 0) is 13.6 Å². The summed E-state index contributed by atoms with van der Waals surface area (Å²) in [6.45, 7) is 0.206. The molecule has 0 saturated carbocycles. The van der Waals surface area contributed by atoms with Gasteiger partial charge in [0.15, 0.2) is 28.9 Å². The minimum atomic E-state index is -0.00220. The lowest BCUT2D eigenvalue weighted by Gasteiger charge is -2.04. The smallest absolute Gasteiger partial charge is 0.227 e. The van der Waals surface area contributed by atoms with Gasteiger partial charge in [0.25, 0.3) is 0 Å². The van der Waals surface area contributed by atoms with Crippen molar-refractivity contribution < 1.29 is 23.6 Å². The van der Waals surface area contributed by atoms with Gasteiger partial charge in [0.1, 0.15) is 11.5 Å². The van der Waals surface area contributed by atoms with Crippen LogP contribution in [0.4, 0.5) is 0 Å². The van der Waals surface area contributed by atoms with Crippen molar-refractivity contribution in [1.82, 2.24) is 9.55 Å². The summed E-state index contributed by atoms with van der Waals surface area (Å²) in [7, 11) is 5.11. The van der Waals surface area contributed by atoms with Gasteiger partial charge in [0.05, 0.1) is 25.5 Å². The second-order valence-corrected chi connectivity index (χ2v) is 8.38. The minimum absolute atomic E-state index is 0.00220. The number of carbonyl (C=O) groups excluding carboxylic acids is 2. The molecule has 0 unspecified atom stereocenters. The molecule has 0 radical (unpaired) electrons. The maximum atomic E-state index is 12.6. The summed E-state index contributed by atoms with van der Waals surface area (Å²) in [5.74, 6) is 1.73. The average Bonchev–Trinajstić information content (AvgIpc) is 3.17. The van der Waals surface area contributed by atoms with Gasteiger partial charge in [-0.15, -0.1) is 0 Å². The number of aromatic nitrogens is 3. The predicted molar refractivity (Wildman–Crippen MR) is 126 cm³/mol. The number of ketones is 2. The van der Waals surface area contributed by atoms with Crippen LogP contribution in [0.2, 0.25) is 0 Å². The van der Waals surface area contributed by atoms with E-state index in [9.17, 15) is 9.59 Å². The van der Waals surface area contributed by atoms with Crippen molar-refractivity contribution in [2.75, 3.05) is 20.0 Å². The van der Waals surface area contributed by atoms with Gasteiger partial charge in [-0.3, -0.25) is 9.59 Å². The minimum Gasteiger partial charge on any atom is -0.497 e. The highest BCUT2D eigenvalue weighted by Gasteiger charge is 2.17. The molecule has 0 N–H and O–H groups in total. The number of benzene rings is 2. The Morgan fingerprint density at radius 1 is 0.909 bits per heavy atom. The molecule has 2 heterocycles. The number of imidazole rings is 1. The number of rotatable bonds is 9. The zero-order valence-corrected chi connectivity index (χ0v) is 19.5. The lowest BCUT2D eigenvalue weighted by molar-refractivity contribution is -0.681. The highest BCUT2D eigenvalue weighted by Crippen LogP contribution is 2.23. The number of pyridine rings is 1. The van der Waals surface area contributed by atoms with E-state index >= 15 is 0 Å². The van der Waals surface area contributed by atoms with E-state index in [4.69, 9.17) is 9.47 Å². The summed E-state index contributed by atoms with van der Waals surface area (Å²) in [4.78, 5) is 29.9. The van der Waals surface area contributed by atoms with E-state index in [0.717, 1.165) is 16.2 Å². The molecule has 7 nitrogen and oxygen atoms in total. The average molecular weight is 463 g/mol. The zero-order valence-electron chi connectivity index (χ0n) is 18.6. The Balaban J connectivity index is 1.45. The van der Waals surface area contributed by atoms with Crippen molar-refractivity contribution in [3.8, 4) is 11.5 Å². The normalized spacial score (nSPS) is 10.9. The monoisotopic (exact) mass is 462 g/mol. The first-order valence-corrected chi connectivity index (χ1v) is 11.3. The Kier molecular flexibility index (Phi) is 6.74. The molecule has 0 aliphatic carbocycles. The molecule has 33 heavy (non-hydrogen) atoms. The quantitative estimate of drug-likeness (QED) is 0.214. The second kappa shape index (κ2) is 9.87. The van der Waals surface area contributed by atoms with Crippen LogP contribution in [-0.4, -0.2) is 41.1 Å². The summed E-state index contributed by atoms with van der Waals surface area (Å²) < 4.78 is 14.1. The number of carbonyl (C=O) groups is 2. The van der Waals surface area contributed by atoms with Gasteiger partial charge < -0.3 is 14.0 Å². The van der Waals surface area contributed by atoms with Gasteiger partial charge in [-0.1, -0.05) is 11.8 Å². The van der Waals surface area contributed by atoms with Crippen molar-refractivity contribution in [3.63, 3.8) is 0 Å². The van der Waals surface area contributed by atoms with Gasteiger partial charge in [0.2, 0.25) is 12.3 Å². The molecule has 0 saturated heterocycles. The Bertz CT molecular complexity index is 1300. The fourth-order valence-corrected chi connectivity index (χ4v) is 4.30. The van der Waals surface area contributed by atoms with Crippen LogP contribution in [0.5, 0.6) is 11.5 Å².